The van der Waals surface area contributed by atoms with Crippen molar-refractivity contribution < 1.29 is 18.9 Å². The van der Waals surface area contributed by atoms with Crippen molar-refractivity contribution in [2.24, 2.45) is 0 Å². The zero-order valence-corrected chi connectivity index (χ0v) is 16.4. The maximum absolute atomic E-state index is 6.00. The molecule has 2 aliphatic rings. The largest absolute Gasteiger partial charge is 0.491 e. The summed E-state index contributed by atoms with van der Waals surface area (Å²) >= 11 is 0. The van der Waals surface area contributed by atoms with Gasteiger partial charge in [0.2, 0.25) is 0 Å². The van der Waals surface area contributed by atoms with Gasteiger partial charge in [0, 0.05) is 0 Å². The molecule has 5 rings (SSSR count). The lowest BCUT2D eigenvalue weighted by Gasteiger charge is -2.13. The van der Waals surface area contributed by atoms with Crippen LogP contribution in [0.15, 0.2) is 72.8 Å². The summed E-state index contributed by atoms with van der Waals surface area (Å²) in [6.07, 6.45) is 0.588. The fraction of sp³-hybridized carbons (Fsp3) is 0.280. The van der Waals surface area contributed by atoms with Crippen LogP contribution >= 0.6 is 0 Å². The molecule has 3 aromatic carbocycles. The van der Waals surface area contributed by atoms with Crippen molar-refractivity contribution in [3.8, 4) is 33.8 Å². The lowest BCUT2D eigenvalue weighted by molar-refractivity contribution is 0.176. The molecule has 148 valence electrons. The van der Waals surface area contributed by atoms with E-state index in [1.54, 1.807) is 0 Å². The van der Waals surface area contributed by atoms with E-state index in [2.05, 4.69) is 55.5 Å². The maximum Gasteiger partial charge on any atom is 0.124 e. The third-order valence-corrected chi connectivity index (χ3v) is 5.28. The summed E-state index contributed by atoms with van der Waals surface area (Å²) in [5.41, 5.74) is 4.66. The van der Waals surface area contributed by atoms with E-state index in [1.807, 2.05) is 24.3 Å². The van der Waals surface area contributed by atoms with Crippen LogP contribution in [0.5, 0.6) is 11.5 Å². The number of hydrogen-bond donors (Lipinski definition) is 0. The molecule has 0 bridgehead atoms. The molecule has 2 heterocycles. The summed E-state index contributed by atoms with van der Waals surface area (Å²) in [4.78, 5) is 0. The van der Waals surface area contributed by atoms with Crippen LogP contribution in [0.25, 0.3) is 22.3 Å². The molecule has 0 radical (unpaired) electrons. The van der Waals surface area contributed by atoms with Crippen LogP contribution in [0.1, 0.15) is 6.92 Å². The van der Waals surface area contributed by atoms with Crippen LogP contribution in [-0.4, -0.2) is 38.1 Å². The molecule has 2 fully saturated rings. The van der Waals surface area contributed by atoms with E-state index < -0.39 is 0 Å². The van der Waals surface area contributed by atoms with E-state index in [1.165, 1.54) is 16.7 Å². The minimum Gasteiger partial charge on any atom is -0.491 e. The Bertz CT molecular complexity index is 957. The van der Waals surface area contributed by atoms with Crippen molar-refractivity contribution in [1.29, 1.82) is 0 Å². The standard InChI is InChI=1S/C25H24O4/c1-17(25-16-28-25)29-23-4-2-3-21(13-23)20-7-5-18(6-8-20)19-9-11-22(12-10-19)26-14-24-15-27-24/h2-13,17,24-25H,14-16H2,1H3. The fourth-order valence-electron chi connectivity index (χ4n) is 3.32. The van der Waals surface area contributed by atoms with Crippen molar-refractivity contribution in [3.05, 3.63) is 72.8 Å². The highest BCUT2D eigenvalue weighted by Crippen LogP contribution is 2.29. The summed E-state index contributed by atoms with van der Waals surface area (Å²) < 4.78 is 22.2. The summed E-state index contributed by atoms with van der Waals surface area (Å²) in [5.74, 6) is 1.75. The molecule has 0 aliphatic carbocycles. The minimum absolute atomic E-state index is 0.0800. The highest BCUT2D eigenvalue weighted by atomic mass is 16.6. The Morgan fingerprint density at radius 1 is 0.793 bits per heavy atom. The lowest BCUT2D eigenvalue weighted by atomic mass is 10.00. The predicted molar refractivity (Wildman–Crippen MR) is 112 cm³/mol. The summed E-state index contributed by atoms with van der Waals surface area (Å²) in [6, 6.07) is 25.0. The Hall–Kier alpha value is -2.82. The third kappa shape index (κ3) is 4.61. The maximum atomic E-state index is 6.00. The first kappa shape index (κ1) is 18.2. The number of hydrogen-bond acceptors (Lipinski definition) is 4. The zero-order chi connectivity index (χ0) is 19.6. The predicted octanol–water partition coefficient (Wildman–Crippen LogP) is 4.96. The molecule has 0 amide bonds. The Labute approximate surface area is 171 Å². The van der Waals surface area contributed by atoms with E-state index >= 15 is 0 Å². The van der Waals surface area contributed by atoms with Gasteiger partial charge in [0.1, 0.15) is 36.4 Å². The number of rotatable bonds is 8. The first-order valence-electron chi connectivity index (χ1n) is 10.1. The van der Waals surface area contributed by atoms with Crippen molar-refractivity contribution >= 4 is 0 Å². The molecule has 3 aromatic rings. The van der Waals surface area contributed by atoms with Crippen molar-refractivity contribution in [2.75, 3.05) is 19.8 Å². The third-order valence-electron chi connectivity index (χ3n) is 5.28. The molecule has 4 heteroatoms. The molecule has 2 saturated heterocycles. The van der Waals surface area contributed by atoms with Gasteiger partial charge in [-0.15, -0.1) is 0 Å². The average molecular weight is 388 g/mol. The van der Waals surface area contributed by atoms with Crippen molar-refractivity contribution in [1.82, 2.24) is 0 Å². The van der Waals surface area contributed by atoms with Crippen LogP contribution in [0, 0.1) is 0 Å². The fourth-order valence-corrected chi connectivity index (χ4v) is 3.32. The second-order valence-corrected chi connectivity index (χ2v) is 7.59. The summed E-state index contributed by atoms with van der Waals surface area (Å²) in [5, 5.41) is 0. The van der Waals surface area contributed by atoms with Crippen LogP contribution in [0.2, 0.25) is 0 Å². The van der Waals surface area contributed by atoms with Crippen molar-refractivity contribution in [2.45, 2.75) is 25.2 Å². The Balaban J connectivity index is 1.27. The number of ether oxygens (including phenoxy) is 4. The molecule has 0 aromatic heterocycles. The highest BCUT2D eigenvalue weighted by molar-refractivity contribution is 5.71. The van der Waals surface area contributed by atoms with Gasteiger partial charge in [0.25, 0.3) is 0 Å². The minimum atomic E-state index is 0.0800. The van der Waals surface area contributed by atoms with E-state index in [0.29, 0.717) is 6.61 Å². The van der Waals surface area contributed by atoms with Crippen LogP contribution in [0.4, 0.5) is 0 Å². The normalized spacial score (nSPS) is 20.7. The first-order chi connectivity index (χ1) is 14.2. The van der Waals surface area contributed by atoms with Gasteiger partial charge in [-0.05, 0) is 53.4 Å². The Morgan fingerprint density at radius 2 is 1.41 bits per heavy atom. The quantitative estimate of drug-likeness (QED) is 0.511. The molecule has 3 unspecified atom stereocenters. The van der Waals surface area contributed by atoms with Crippen LogP contribution in [0.3, 0.4) is 0 Å². The van der Waals surface area contributed by atoms with Crippen molar-refractivity contribution in [3.63, 3.8) is 0 Å². The molecule has 29 heavy (non-hydrogen) atoms. The summed E-state index contributed by atoms with van der Waals surface area (Å²) in [7, 11) is 0. The molecular formula is C25H24O4. The van der Waals surface area contributed by atoms with Gasteiger partial charge in [0.05, 0.1) is 13.2 Å². The van der Waals surface area contributed by atoms with E-state index in [9.17, 15) is 0 Å². The SMILES string of the molecule is CC(Oc1cccc(-c2ccc(-c3ccc(OCC4CO4)cc3)cc2)c1)C1CO1. The Morgan fingerprint density at radius 3 is 2.03 bits per heavy atom. The highest BCUT2D eigenvalue weighted by Gasteiger charge is 2.31. The average Bonchev–Trinajstić information content (AvgIpc) is 3.66. The topological polar surface area (TPSA) is 43.5 Å². The first-order valence-corrected chi connectivity index (χ1v) is 10.1. The zero-order valence-electron chi connectivity index (χ0n) is 16.4. The number of benzene rings is 3. The van der Waals surface area contributed by atoms with Gasteiger partial charge in [-0.1, -0.05) is 48.5 Å². The van der Waals surface area contributed by atoms with Gasteiger partial charge in [0.15, 0.2) is 0 Å². The monoisotopic (exact) mass is 388 g/mol. The van der Waals surface area contributed by atoms with Gasteiger partial charge >= 0.3 is 0 Å². The number of epoxide rings is 2. The van der Waals surface area contributed by atoms with Gasteiger partial charge in [-0.2, -0.15) is 0 Å². The van der Waals surface area contributed by atoms with Gasteiger partial charge < -0.3 is 18.9 Å². The van der Waals surface area contributed by atoms with Gasteiger partial charge in [-0.3, -0.25) is 0 Å². The lowest BCUT2D eigenvalue weighted by Crippen LogP contribution is -2.18. The van der Waals surface area contributed by atoms with E-state index in [-0.39, 0.29) is 18.3 Å². The van der Waals surface area contributed by atoms with Gasteiger partial charge in [-0.25, -0.2) is 0 Å². The molecular weight excluding hydrogens is 364 g/mol. The van der Waals surface area contributed by atoms with Crippen LogP contribution < -0.4 is 9.47 Å². The molecule has 0 N–H and O–H groups in total. The molecule has 3 atom stereocenters. The second kappa shape index (κ2) is 7.90. The van der Waals surface area contributed by atoms with E-state index in [4.69, 9.17) is 18.9 Å². The summed E-state index contributed by atoms with van der Waals surface area (Å²) in [6.45, 7) is 4.29. The van der Waals surface area contributed by atoms with Crippen LogP contribution in [-0.2, 0) is 9.47 Å². The molecule has 4 nitrogen and oxygen atoms in total. The van der Waals surface area contributed by atoms with E-state index in [0.717, 1.165) is 30.3 Å². The molecule has 0 spiro atoms. The smallest absolute Gasteiger partial charge is 0.124 e. The Kier molecular flexibility index (Phi) is 4.96. The second-order valence-electron chi connectivity index (χ2n) is 7.59. The molecule has 0 saturated carbocycles. The molecule has 2 aliphatic heterocycles.